The van der Waals surface area contributed by atoms with Gasteiger partial charge < -0.3 is 10.6 Å². The van der Waals surface area contributed by atoms with Gasteiger partial charge >= 0.3 is 0 Å². The molecule has 0 bridgehead atoms. The molecule has 2 rings (SSSR count). The predicted molar refractivity (Wildman–Crippen MR) is 83.9 cm³/mol. The molecule has 0 aliphatic heterocycles. The highest BCUT2D eigenvalue weighted by atomic mass is 32.1. The molecule has 5 nitrogen and oxygen atoms in total. The number of anilines is 1. The summed E-state index contributed by atoms with van der Waals surface area (Å²) >= 11 is 5.23. The van der Waals surface area contributed by atoms with E-state index in [9.17, 15) is 4.79 Å². The van der Waals surface area contributed by atoms with E-state index in [1.165, 1.54) is 0 Å². The van der Waals surface area contributed by atoms with Gasteiger partial charge in [-0.2, -0.15) is 0 Å². The summed E-state index contributed by atoms with van der Waals surface area (Å²) in [5, 5.41) is 6.61. The number of thiocarbonyl (C=S) groups is 1. The van der Waals surface area contributed by atoms with Crippen molar-refractivity contribution >= 4 is 28.9 Å². The number of nitrogens with one attached hydrogen (secondary N) is 3. The average molecular weight is 288 g/mol. The van der Waals surface area contributed by atoms with Gasteiger partial charge in [-0.05, 0) is 49.3 Å². The third kappa shape index (κ3) is 3.91. The summed E-state index contributed by atoms with van der Waals surface area (Å²) in [6.07, 6.45) is 8.24. The van der Waals surface area contributed by atoms with Crippen LogP contribution in [0.15, 0.2) is 48.2 Å². The van der Waals surface area contributed by atoms with Crippen LogP contribution in [0.4, 0.5) is 5.69 Å². The first-order valence-corrected chi connectivity index (χ1v) is 6.65. The summed E-state index contributed by atoms with van der Waals surface area (Å²) in [6.45, 7) is 0. The van der Waals surface area contributed by atoms with E-state index < -0.39 is 0 Å². The van der Waals surface area contributed by atoms with Gasteiger partial charge in [-0.25, -0.2) is 5.84 Å². The number of carbonyl (C=O) groups excluding carboxylic acids is 1. The topological polar surface area (TPSA) is 79.2 Å². The zero-order valence-corrected chi connectivity index (χ0v) is 11.7. The van der Waals surface area contributed by atoms with Crippen molar-refractivity contribution < 1.29 is 4.79 Å². The van der Waals surface area contributed by atoms with E-state index in [1.807, 2.05) is 12.1 Å². The number of hydrogen-bond acceptors (Lipinski definition) is 3. The molecule has 1 aliphatic rings. The van der Waals surface area contributed by atoms with Gasteiger partial charge in [0.2, 0.25) is 0 Å². The quantitative estimate of drug-likeness (QED) is 0.295. The van der Waals surface area contributed by atoms with Gasteiger partial charge in [0.05, 0.1) is 0 Å². The van der Waals surface area contributed by atoms with E-state index in [4.69, 9.17) is 18.1 Å². The number of carbonyl (C=O) groups is 1. The van der Waals surface area contributed by atoms with Crippen molar-refractivity contribution in [3.63, 3.8) is 0 Å². The molecule has 0 aromatic heterocycles. The number of hydrogen-bond donors (Lipinski definition) is 4. The number of allylic oxidation sites excluding steroid dienone is 3. The van der Waals surface area contributed by atoms with Crippen LogP contribution in [0.1, 0.15) is 23.2 Å². The maximum absolute atomic E-state index is 11.4. The van der Waals surface area contributed by atoms with Crippen molar-refractivity contribution in [2.24, 2.45) is 5.84 Å². The van der Waals surface area contributed by atoms with Crippen LogP contribution in [0, 0.1) is 0 Å². The van der Waals surface area contributed by atoms with Crippen molar-refractivity contribution in [2.45, 2.75) is 12.8 Å². The summed E-state index contributed by atoms with van der Waals surface area (Å²) in [5.41, 5.74) is 4.27. The molecule has 1 amide bonds. The Labute approximate surface area is 122 Å². The minimum absolute atomic E-state index is 0.342. The Kier molecular flexibility index (Phi) is 4.86. The Morgan fingerprint density at radius 1 is 1.25 bits per heavy atom. The van der Waals surface area contributed by atoms with Crippen LogP contribution < -0.4 is 21.9 Å². The summed E-state index contributed by atoms with van der Waals surface area (Å²) in [5.74, 6) is 4.76. The number of benzene rings is 1. The first-order chi connectivity index (χ1) is 9.69. The molecule has 104 valence electrons. The molecule has 0 radical (unpaired) electrons. The normalized spacial score (nSPS) is 13.3. The van der Waals surface area contributed by atoms with Crippen molar-refractivity contribution in [2.75, 3.05) is 5.32 Å². The fourth-order valence-electron chi connectivity index (χ4n) is 1.82. The first-order valence-electron chi connectivity index (χ1n) is 6.25. The van der Waals surface area contributed by atoms with Crippen LogP contribution in [0.25, 0.3) is 0 Å². The van der Waals surface area contributed by atoms with Crippen molar-refractivity contribution in [3.8, 4) is 0 Å². The predicted octanol–water partition coefficient (Wildman–Crippen LogP) is 1.81. The molecule has 5 N–H and O–H groups in total. The van der Waals surface area contributed by atoms with Crippen LogP contribution in [-0.2, 0) is 0 Å². The molecule has 6 heteroatoms. The van der Waals surface area contributed by atoms with Crippen LogP contribution in [0.5, 0.6) is 0 Å². The van der Waals surface area contributed by atoms with Crippen molar-refractivity contribution in [1.29, 1.82) is 0 Å². The van der Waals surface area contributed by atoms with Crippen molar-refractivity contribution in [1.82, 2.24) is 10.7 Å². The van der Waals surface area contributed by atoms with Gasteiger partial charge in [0.1, 0.15) is 0 Å². The van der Waals surface area contributed by atoms with E-state index in [1.54, 1.807) is 18.2 Å². The fourth-order valence-corrected chi connectivity index (χ4v) is 2.06. The second kappa shape index (κ2) is 6.83. The second-order valence-corrected chi connectivity index (χ2v) is 4.68. The zero-order valence-electron chi connectivity index (χ0n) is 10.8. The molecule has 0 saturated heterocycles. The number of nitrogens with two attached hydrogens (primary N) is 1. The monoisotopic (exact) mass is 288 g/mol. The van der Waals surface area contributed by atoms with Crippen molar-refractivity contribution in [3.05, 3.63) is 53.8 Å². The molecule has 1 aromatic rings. The van der Waals surface area contributed by atoms with Crippen LogP contribution in [-0.4, -0.2) is 11.0 Å². The lowest BCUT2D eigenvalue weighted by Gasteiger charge is -2.13. The van der Waals surface area contributed by atoms with Crippen LogP contribution >= 0.6 is 12.2 Å². The molecule has 1 aliphatic carbocycles. The maximum atomic E-state index is 11.4. The molecule has 0 fully saturated rings. The van der Waals surface area contributed by atoms with Gasteiger partial charge in [-0.15, -0.1) is 0 Å². The standard InChI is InChI=1S/C14H16N4OS/c15-18-13(19)10-5-4-8-12(9-10)17-14(20)16-11-6-2-1-3-7-11/h2,4-9H,1,3,15H2,(H,18,19)(H2,16,17,20). The fraction of sp³-hybridized carbons (Fsp3) is 0.143. The molecular formula is C14H16N4OS. The maximum Gasteiger partial charge on any atom is 0.265 e. The highest BCUT2D eigenvalue weighted by Gasteiger charge is 2.05. The molecule has 0 heterocycles. The molecule has 0 atom stereocenters. The highest BCUT2D eigenvalue weighted by Crippen LogP contribution is 2.11. The molecule has 0 saturated carbocycles. The molecule has 1 aromatic carbocycles. The average Bonchev–Trinajstić information content (AvgIpc) is 2.47. The number of amides is 1. The van der Waals surface area contributed by atoms with Gasteiger partial charge in [-0.3, -0.25) is 10.2 Å². The Balaban J connectivity index is 1.99. The van der Waals surface area contributed by atoms with Crippen LogP contribution in [0.3, 0.4) is 0 Å². The Morgan fingerprint density at radius 2 is 2.10 bits per heavy atom. The zero-order chi connectivity index (χ0) is 14.4. The minimum Gasteiger partial charge on any atom is -0.333 e. The number of nitrogen functional groups attached to an aromatic ring is 1. The van der Waals surface area contributed by atoms with E-state index in [-0.39, 0.29) is 5.91 Å². The number of rotatable bonds is 3. The summed E-state index contributed by atoms with van der Waals surface area (Å²) in [4.78, 5) is 11.4. The second-order valence-electron chi connectivity index (χ2n) is 4.27. The Morgan fingerprint density at radius 3 is 2.80 bits per heavy atom. The first kappa shape index (κ1) is 14.2. The van der Waals surface area contributed by atoms with Gasteiger partial charge in [0.15, 0.2) is 5.11 Å². The summed E-state index contributed by atoms with van der Waals surface area (Å²) in [6, 6.07) is 6.94. The largest absolute Gasteiger partial charge is 0.333 e. The third-order valence-corrected chi connectivity index (χ3v) is 2.97. The van der Waals surface area contributed by atoms with Gasteiger partial charge in [-0.1, -0.05) is 18.2 Å². The lowest BCUT2D eigenvalue weighted by molar-refractivity contribution is 0.0953. The van der Waals surface area contributed by atoms with Crippen LogP contribution in [0.2, 0.25) is 0 Å². The van der Waals surface area contributed by atoms with E-state index in [2.05, 4.69) is 28.2 Å². The summed E-state index contributed by atoms with van der Waals surface area (Å²) < 4.78 is 0. The molecular weight excluding hydrogens is 272 g/mol. The SMILES string of the molecule is NNC(=O)c1cccc(NC(=S)NC2=CCCC=C2)c1. The molecule has 0 spiro atoms. The highest BCUT2D eigenvalue weighted by molar-refractivity contribution is 7.80. The van der Waals surface area contributed by atoms with E-state index >= 15 is 0 Å². The Bertz CT molecular complexity index is 580. The molecule has 0 unspecified atom stereocenters. The smallest absolute Gasteiger partial charge is 0.265 e. The Hall–Kier alpha value is -2.18. The van der Waals surface area contributed by atoms with Gasteiger partial charge in [0.25, 0.3) is 5.91 Å². The summed E-state index contributed by atoms with van der Waals surface area (Å²) in [7, 11) is 0. The number of hydrazine groups is 1. The van der Waals surface area contributed by atoms with E-state index in [0.29, 0.717) is 10.7 Å². The van der Waals surface area contributed by atoms with E-state index in [0.717, 1.165) is 24.2 Å². The third-order valence-electron chi connectivity index (χ3n) is 2.77. The lowest BCUT2D eigenvalue weighted by Crippen LogP contribution is -2.30. The molecule has 20 heavy (non-hydrogen) atoms. The van der Waals surface area contributed by atoms with Gasteiger partial charge in [0, 0.05) is 16.9 Å². The minimum atomic E-state index is -0.342. The lowest BCUT2D eigenvalue weighted by atomic mass is 10.1.